The lowest BCUT2D eigenvalue weighted by atomic mass is 10.1. The lowest BCUT2D eigenvalue weighted by Crippen LogP contribution is -2.23. The number of hydrogen-bond acceptors (Lipinski definition) is 3. The van der Waals surface area contributed by atoms with E-state index < -0.39 is 0 Å². The molecule has 0 aromatic carbocycles. The zero-order valence-electron chi connectivity index (χ0n) is 8.26. The predicted molar refractivity (Wildman–Crippen MR) is 56.3 cm³/mol. The molecule has 1 fully saturated rings. The van der Waals surface area contributed by atoms with E-state index in [0.717, 1.165) is 0 Å². The van der Waals surface area contributed by atoms with Crippen LogP contribution in [0.3, 0.4) is 0 Å². The number of nitrogens with zero attached hydrogens (tertiary/aromatic N) is 1. The predicted octanol–water partition coefficient (Wildman–Crippen LogP) is 2.05. The Morgan fingerprint density at radius 2 is 2.38 bits per heavy atom. The second kappa shape index (κ2) is 3.76. The fraction of sp³-hybridized carbons (Fsp3) is 0.700. The first-order valence-corrected chi connectivity index (χ1v) is 5.73. The molecule has 2 heterocycles. The van der Waals surface area contributed by atoms with E-state index in [2.05, 4.69) is 24.1 Å². The molecular formula is C10H16N2S. The van der Waals surface area contributed by atoms with Crippen molar-refractivity contribution in [3.05, 3.63) is 15.6 Å². The molecular weight excluding hydrogens is 180 g/mol. The van der Waals surface area contributed by atoms with Crippen LogP contribution in [0.4, 0.5) is 0 Å². The summed E-state index contributed by atoms with van der Waals surface area (Å²) < 4.78 is 0. The molecule has 1 aromatic rings. The molecule has 72 valence electrons. The van der Waals surface area contributed by atoms with Crippen LogP contribution in [0.15, 0.2) is 0 Å². The Bertz CT molecular complexity index is 287. The van der Waals surface area contributed by atoms with Gasteiger partial charge < -0.3 is 5.32 Å². The summed E-state index contributed by atoms with van der Waals surface area (Å²) in [5, 5.41) is 4.72. The summed E-state index contributed by atoms with van der Waals surface area (Å²) >= 11 is 1.85. The van der Waals surface area contributed by atoms with Gasteiger partial charge in [-0.15, -0.1) is 11.3 Å². The van der Waals surface area contributed by atoms with Crippen LogP contribution in [0, 0.1) is 13.8 Å². The van der Waals surface area contributed by atoms with Crippen molar-refractivity contribution in [3.63, 3.8) is 0 Å². The number of aromatic nitrogens is 1. The first-order chi connectivity index (χ1) is 6.25. The Morgan fingerprint density at radius 3 is 2.92 bits per heavy atom. The highest BCUT2D eigenvalue weighted by atomic mass is 32.1. The van der Waals surface area contributed by atoms with Gasteiger partial charge in [-0.05, 0) is 39.7 Å². The average Bonchev–Trinajstić information content (AvgIpc) is 2.63. The molecule has 2 rings (SSSR count). The molecule has 0 aliphatic carbocycles. The molecule has 0 bridgehead atoms. The van der Waals surface area contributed by atoms with Gasteiger partial charge in [-0.3, -0.25) is 0 Å². The number of hydrogen-bond donors (Lipinski definition) is 1. The van der Waals surface area contributed by atoms with E-state index >= 15 is 0 Å². The van der Waals surface area contributed by atoms with Gasteiger partial charge in [-0.25, -0.2) is 4.98 Å². The third kappa shape index (κ3) is 2.09. The molecule has 1 unspecified atom stereocenters. The average molecular weight is 196 g/mol. The molecule has 1 aliphatic heterocycles. The van der Waals surface area contributed by atoms with Crippen LogP contribution in [-0.2, 0) is 6.42 Å². The first kappa shape index (κ1) is 9.16. The van der Waals surface area contributed by atoms with E-state index in [1.807, 2.05) is 11.3 Å². The standard InChI is InChI=1S/C10H16N2S/c1-7-10(13-8(2)12-7)6-9-4-3-5-11-9/h9,11H,3-6H2,1-2H3. The monoisotopic (exact) mass is 196 g/mol. The second-order valence-electron chi connectivity index (χ2n) is 3.74. The van der Waals surface area contributed by atoms with Crippen molar-refractivity contribution in [2.24, 2.45) is 0 Å². The van der Waals surface area contributed by atoms with Gasteiger partial charge in [0.15, 0.2) is 0 Å². The summed E-state index contributed by atoms with van der Waals surface area (Å²) in [6, 6.07) is 0.707. The summed E-state index contributed by atoms with van der Waals surface area (Å²) in [4.78, 5) is 5.91. The van der Waals surface area contributed by atoms with Gasteiger partial charge in [-0.1, -0.05) is 0 Å². The quantitative estimate of drug-likeness (QED) is 0.783. The van der Waals surface area contributed by atoms with Crippen molar-refractivity contribution in [3.8, 4) is 0 Å². The third-order valence-electron chi connectivity index (χ3n) is 2.59. The summed E-state index contributed by atoms with van der Waals surface area (Å²) in [6.07, 6.45) is 3.84. The molecule has 13 heavy (non-hydrogen) atoms. The zero-order valence-corrected chi connectivity index (χ0v) is 9.08. The van der Waals surface area contributed by atoms with Crippen LogP contribution in [0.25, 0.3) is 0 Å². The first-order valence-electron chi connectivity index (χ1n) is 4.92. The number of rotatable bonds is 2. The Kier molecular flexibility index (Phi) is 2.65. The highest BCUT2D eigenvalue weighted by molar-refractivity contribution is 7.11. The van der Waals surface area contributed by atoms with Crippen molar-refractivity contribution >= 4 is 11.3 Å². The van der Waals surface area contributed by atoms with Gasteiger partial charge in [0.25, 0.3) is 0 Å². The maximum Gasteiger partial charge on any atom is 0.0900 e. The van der Waals surface area contributed by atoms with Gasteiger partial charge in [0.05, 0.1) is 10.7 Å². The van der Waals surface area contributed by atoms with Crippen molar-refractivity contribution in [2.45, 2.75) is 39.2 Å². The van der Waals surface area contributed by atoms with Crippen LogP contribution in [-0.4, -0.2) is 17.6 Å². The van der Waals surface area contributed by atoms with Crippen molar-refractivity contribution in [2.75, 3.05) is 6.54 Å². The Morgan fingerprint density at radius 1 is 1.54 bits per heavy atom. The molecule has 1 aliphatic rings. The van der Waals surface area contributed by atoms with Crippen LogP contribution < -0.4 is 5.32 Å². The lowest BCUT2D eigenvalue weighted by Gasteiger charge is -2.07. The van der Waals surface area contributed by atoms with Crippen molar-refractivity contribution < 1.29 is 0 Å². The number of aryl methyl sites for hydroxylation is 2. The van der Waals surface area contributed by atoms with Crippen LogP contribution in [0.1, 0.15) is 28.4 Å². The van der Waals surface area contributed by atoms with E-state index in [1.165, 1.54) is 41.4 Å². The molecule has 1 saturated heterocycles. The highest BCUT2D eigenvalue weighted by Gasteiger charge is 2.16. The molecule has 0 amide bonds. The van der Waals surface area contributed by atoms with Crippen LogP contribution in [0.5, 0.6) is 0 Å². The van der Waals surface area contributed by atoms with E-state index in [9.17, 15) is 0 Å². The smallest absolute Gasteiger partial charge is 0.0900 e. The fourth-order valence-corrected chi connectivity index (χ4v) is 2.93. The van der Waals surface area contributed by atoms with Crippen molar-refractivity contribution in [1.82, 2.24) is 10.3 Å². The molecule has 1 N–H and O–H groups in total. The molecule has 2 nitrogen and oxygen atoms in total. The second-order valence-corrected chi connectivity index (χ2v) is 5.03. The van der Waals surface area contributed by atoms with E-state index in [4.69, 9.17) is 0 Å². The summed E-state index contributed by atoms with van der Waals surface area (Å²) in [5.41, 5.74) is 1.23. The van der Waals surface area contributed by atoms with E-state index in [-0.39, 0.29) is 0 Å². The summed E-state index contributed by atoms with van der Waals surface area (Å²) in [6.45, 7) is 5.40. The summed E-state index contributed by atoms with van der Waals surface area (Å²) in [7, 11) is 0. The minimum absolute atomic E-state index is 0.707. The molecule has 0 saturated carbocycles. The Labute approximate surface area is 83.4 Å². The van der Waals surface area contributed by atoms with Gasteiger partial charge in [0.1, 0.15) is 0 Å². The SMILES string of the molecule is Cc1nc(C)c(CC2CCCN2)s1. The Hall–Kier alpha value is -0.410. The molecule has 0 spiro atoms. The maximum absolute atomic E-state index is 4.44. The van der Waals surface area contributed by atoms with Crippen molar-refractivity contribution in [1.29, 1.82) is 0 Å². The van der Waals surface area contributed by atoms with Gasteiger partial charge >= 0.3 is 0 Å². The highest BCUT2D eigenvalue weighted by Crippen LogP contribution is 2.21. The Balaban J connectivity index is 2.03. The minimum Gasteiger partial charge on any atom is -0.314 e. The number of thiazole rings is 1. The third-order valence-corrected chi connectivity index (χ3v) is 3.69. The van der Waals surface area contributed by atoms with E-state index in [1.54, 1.807) is 0 Å². The fourth-order valence-electron chi connectivity index (χ4n) is 1.92. The van der Waals surface area contributed by atoms with Crippen LogP contribution >= 0.6 is 11.3 Å². The molecule has 0 radical (unpaired) electrons. The zero-order chi connectivity index (χ0) is 9.26. The number of nitrogens with one attached hydrogen (secondary N) is 1. The van der Waals surface area contributed by atoms with Gasteiger partial charge in [-0.2, -0.15) is 0 Å². The van der Waals surface area contributed by atoms with E-state index in [0.29, 0.717) is 6.04 Å². The largest absolute Gasteiger partial charge is 0.314 e. The van der Waals surface area contributed by atoms with Gasteiger partial charge in [0.2, 0.25) is 0 Å². The molecule has 1 aromatic heterocycles. The molecule has 3 heteroatoms. The van der Waals surface area contributed by atoms with Crippen LogP contribution in [0.2, 0.25) is 0 Å². The topological polar surface area (TPSA) is 24.9 Å². The normalized spacial score (nSPS) is 22.5. The summed E-state index contributed by atoms with van der Waals surface area (Å²) in [5.74, 6) is 0. The van der Waals surface area contributed by atoms with Gasteiger partial charge in [0, 0.05) is 10.9 Å². The minimum atomic E-state index is 0.707. The lowest BCUT2D eigenvalue weighted by molar-refractivity contribution is 0.605. The molecule has 1 atom stereocenters. The maximum atomic E-state index is 4.44.